The second-order valence-corrected chi connectivity index (χ2v) is 6.11. The second-order valence-electron chi connectivity index (χ2n) is 6.11. The number of aromatic hydroxyl groups is 1. The molecule has 2 aromatic heterocycles. The van der Waals surface area contributed by atoms with Crippen LogP contribution >= 0.6 is 0 Å². The maximum atomic E-state index is 12.7. The normalized spacial score (nSPS) is 11.3. The van der Waals surface area contributed by atoms with Gasteiger partial charge in [0.25, 0.3) is 0 Å². The minimum atomic E-state index is -0.551. The van der Waals surface area contributed by atoms with Gasteiger partial charge in [0.05, 0.1) is 23.2 Å². The van der Waals surface area contributed by atoms with Crippen molar-refractivity contribution in [1.82, 2.24) is 4.40 Å². The van der Waals surface area contributed by atoms with E-state index in [9.17, 15) is 14.8 Å². The van der Waals surface area contributed by atoms with Gasteiger partial charge in [0.15, 0.2) is 0 Å². The summed E-state index contributed by atoms with van der Waals surface area (Å²) in [6.45, 7) is 3.82. The SMILES string of the molecule is CCOC(=O)c1c2c(N=O)c3ccccc3c(O)c2n2ccc(C)cc12. The third-order valence-electron chi connectivity index (χ3n) is 4.56. The van der Waals surface area contributed by atoms with E-state index in [2.05, 4.69) is 5.18 Å². The lowest BCUT2D eigenvalue weighted by Gasteiger charge is -2.07. The molecule has 0 bridgehead atoms. The largest absolute Gasteiger partial charge is 0.505 e. The predicted molar refractivity (Wildman–Crippen MR) is 100 cm³/mol. The predicted octanol–water partition coefficient (Wildman–Crippen LogP) is 4.83. The van der Waals surface area contributed by atoms with Crippen LogP contribution < -0.4 is 0 Å². The van der Waals surface area contributed by atoms with Crippen molar-refractivity contribution < 1.29 is 14.6 Å². The summed E-state index contributed by atoms with van der Waals surface area (Å²) in [5.74, 6) is -0.553. The van der Waals surface area contributed by atoms with Crippen LogP contribution in [0.15, 0.2) is 47.8 Å². The molecular weight excluding hydrogens is 332 g/mol. The molecule has 26 heavy (non-hydrogen) atoms. The van der Waals surface area contributed by atoms with Gasteiger partial charge in [-0.15, -0.1) is 4.91 Å². The fourth-order valence-electron chi connectivity index (χ4n) is 3.49. The molecule has 0 radical (unpaired) electrons. The first-order chi connectivity index (χ1) is 12.6. The van der Waals surface area contributed by atoms with E-state index in [1.807, 2.05) is 19.1 Å². The number of phenols is 1. The number of carbonyl (C=O) groups is 1. The average molecular weight is 348 g/mol. The zero-order valence-electron chi connectivity index (χ0n) is 14.3. The molecule has 0 spiro atoms. The average Bonchev–Trinajstić information content (AvgIpc) is 2.97. The molecule has 1 N–H and O–H groups in total. The minimum absolute atomic E-state index is 0.00241. The van der Waals surface area contributed by atoms with Gasteiger partial charge in [-0.25, -0.2) is 4.79 Å². The molecule has 0 amide bonds. The summed E-state index contributed by atoms with van der Waals surface area (Å²) in [5.41, 5.74) is 2.24. The van der Waals surface area contributed by atoms with E-state index in [4.69, 9.17) is 4.74 Å². The Balaban J connectivity index is 2.35. The molecule has 0 aliphatic heterocycles. The Bertz CT molecular complexity index is 1210. The Morgan fingerprint density at radius 3 is 2.65 bits per heavy atom. The number of aromatic nitrogens is 1. The first kappa shape index (κ1) is 16.1. The van der Waals surface area contributed by atoms with Crippen LogP contribution in [0, 0.1) is 11.8 Å². The van der Waals surface area contributed by atoms with Gasteiger partial charge in [-0.3, -0.25) is 0 Å². The van der Waals surface area contributed by atoms with Crippen LogP contribution in [0.5, 0.6) is 5.75 Å². The molecule has 0 saturated heterocycles. The zero-order chi connectivity index (χ0) is 18.4. The Morgan fingerprint density at radius 1 is 1.23 bits per heavy atom. The van der Waals surface area contributed by atoms with Crippen molar-refractivity contribution >= 4 is 38.8 Å². The number of phenolic OH excluding ortho intramolecular Hbond substituents is 1. The van der Waals surface area contributed by atoms with Crippen LogP contribution in [0.1, 0.15) is 22.8 Å². The van der Waals surface area contributed by atoms with Crippen LogP contribution in [0.4, 0.5) is 5.69 Å². The number of rotatable bonds is 3. The van der Waals surface area contributed by atoms with E-state index >= 15 is 0 Å². The van der Waals surface area contributed by atoms with Gasteiger partial charge in [-0.05, 0) is 36.7 Å². The number of benzene rings is 2. The molecule has 0 fully saturated rings. The third kappa shape index (κ3) is 2.08. The quantitative estimate of drug-likeness (QED) is 0.424. The van der Waals surface area contributed by atoms with Crippen molar-refractivity contribution in [3.8, 4) is 5.75 Å². The van der Waals surface area contributed by atoms with Crippen molar-refractivity contribution in [2.24, 2.45) is 5.18 Å². The Kier molecular flexibility index (Phi) is 3.61. The topological polar surface area (TPSA) is 80.4 Å². The highest BCUT2D eigenvalue weighted by molar-refractivity contribution is 6.23. The van der Waals surface area contributed by atoms with Gasteiger partial charge in [-0.2, -0.15) is 0 Å². The van der Waals surface area contributed by atoms with Crippen LogP contribution in [-0.2, 0) is 4.74 Å². The highest BCUT2D eigenvalue weighted by atomic mass is 16.5. The molecule has 0 aliphatic carbocycles. The maximum absolute atomic E-state index is 12.7. The second kappa shape index (κ2) is 5.84. The molecule has 6 heteroatoms. The van der Waals surface area contributed by atoms with Crippen LogP contribution in [0.25, 0.3) is 27.2 Å². The van der Waals surface area contributed by atoms with Gasteiger partial charge in [-0.1, -0.05) is 24.3 Å². The molecule has 4 rings (SSSR count). The summed E-state index contributed by atoms with van der Waals surface area (Å²) >= 11 is 0. The number of hydrogen-bond acceptors (Lipinski definition) is 5. The third-order valence-corrected chi connectivity index (χ3v) is 4.56. The molecule has 4 aromatic rings. The fraction of sp³-hybridized carbons (Fsp3) is 0.150. The van der Waals surface area contributed by atoms with Crippen molar-refractivity contribution in [3.63, 3.8) is 0 Å². The molecule has 2 heterocycles. The number of nitroso groups, excluding NO2 is 1. The molecule has 6 nitrogen and oxygen atoms in total. The van der Waals surface area contributed by atoms with Crippen LogP contribution in [-0.4, -0.2) is 22.1 Å². The number of nitrogens with zero attached hydrogens (tertiary/aromatic N) is 2. The van der Waals surface area contributed by atoms with E-state index in [1.54, 1.807) is 41.8 Å². The number of carbonyl (C=O) groups excluding carboxylic acids is 1. The van der Waals surface area contributed by atoms with E-state index in [-0.39, 0.29) is 23.6 Å². The summed E-state index contributed by atoms with van der Waals surface area (Å²) < 4.78 is 6.92. The van der Waals surface area contributed by atoms with E-state index in [1.165, 1.54) is 0 Å². The van der Waals surface area contributed by atoms with Crippen molar-refractivity contribution in [2.75, 3.05) is 6.61 Å². The monoisotopic (exact) mass is 348 g/mol. The van der Waals surface area contributed by atoms with Gasteiger partial charge in [0, 0.05) is 22.4 Å². The lowest BCUT2D eigenvalue weighted by atomic mass is 10.0. The zero-order valence-corrected chi connectivity index (χ0v) is 14.3. The molecule has 130 valence electrons. The number of hydrogen-bond donors (Lipinski definition) is 1. The lowest BCUT2D eigenvalue weighted by Crippen LogP contribution is -2.04. The number of fused-ring (bicyclic) bond motifs is 4. The van der Waals surface area contributed by atoms with Crippen LogP contribution in [0.2, 0.25) is 0 Å². The van der Waals surface area contributed by atoms with Gasteiger partial charge >= 0.3 is 5.97 Å². The van der Waals surface area contributed by atoms with E-state index < -0.39 is 5.97 Å². The Labute approximate surface area is 148 Å². The van der Waals surface area contributed by atoms with Gasteiger partial charge in [0.2, 0.25) is 0 Å². The number of aryl methyl sites for hydroxylation is 1. The standard InChI is InChI=1S/C20H16N2O4/c1-3-26-20(24)15-14-10-11(2)8-9-22(14)18-16(15)17(21-25)12-6-4-5-7-13(12)19(18)23/h4-10,23H,3H2,1-2H3. The summed E-state index contributed by atoms with van der Waals surface area (Å²) in [7, 11) is 0. The molecule has 0 aliphatic rings. The van der Waals surface area contributed by atoms with Gasteiger partial charge < -0.3 is 14.2 Å². The van der Waals surface area contributed by atoms with Crippen molar-refractivity contribution in [2.45, 2.75) is 13.8 Å². The molecule has 0 atom stereocenters. The number of pyridine rings is 1. The summed E-state index contributed by atoms with van der Waals surface area (Å²) in [6, 6.07) is 10.6. The number of esters is 1. The van der Waals surface area contributed by atoms with Gasteiger partial charge in [0.1, 0.15) is 11.4 Å². The molecule has 2 aromatic carbocycles. The van der Waals surface area contributed by atoms with E-state index in [0.29, 0.717) is 27.2 Å². The van der Waals surface area contributed by atoms with E-state index in [0.717, 1.165) is 5.56 Å². The highest BCUT2D eigenvalue weighted by Crippen LogP contribution is 2.45. The number of ether oxygens (including phenoxy) is 1. The first-order valence-electron chi connectivity index (χ1n) is 8.27. The molecule has 0 unspecified atom stereocenters. The highest BCUT2D eigenvalue weighted by Gasteiger charge is 2.27. The maximum Gasteiger partial charge on any atom is 0.341 e. The lowest BCUT2D eigenvalue weighted by molar-refractivity contribution is 0.0531. The summed E-state index contributed by atoms with van der Waals surface area (Å²) in [5, 5.41) is 15.4. The Morgan fingerprint density at radius 2 is 1.96 bits per heavy atom. The van der Waals surface area contributed by atoms with Crippen molar-refractivity contribution in [1.29, 1.82) is 0 Å². The van der Waals surface area contributed by atoms with Crippen LogP contribution in [0.3, 0.4) is 0 Å². The fourth-order valence-corrected chi connectivity index (χ4v) is 3.49. The molecule has 0 saturated carbocycles. The summed E-state index contributed by atoms with van der Waals surface area (Å²) in [4.78, 5) is 24.4. The molecular formula is C20H16N2O4. The summed E-state index contributed by atoms with van der Waals surface area (Å²) in [6.07, 6.45) is 1.76. The Hall–Kier alpha value is -3.41. The first-order valence-corrected chi connectivity index (χ1v) is 8.27. The smallest absolute Gasteiger partial charge is 0.341 e. The van der Waals surface area contributed by atoms with Crippen molar-refractivity contribution in [3.05, 3.63) is 58.6 Å². The minimum Gasteiger partial charge on any atom is -0.505 e.